The number of aryl methyl sites for hydroxylation is 3. The molecule has 2 aromatic carbocycles. The molecule has 3 atom stereocenters. The molecule has 7 nitrogen and oxygen atoms in total. The molecule has 0 aromatic heterocycles. The van der Waals surface area contributed by atoms with Crippen LogP contribution in [0.1, 0.15) is 83.2 Å². The molecule has 0 radical (unpaired) electrons. The lowest BCUT2D eigenvalue weighted by molar-refractivity contribution is -0.144. The predicted molar refractivity (Wildman–Crippen MR) is 158 cm³/mol. The number of para-hydroxylation sites is 1. The van der Waals surface area contributed by atoms with Gasteiger partial charge in [-0.05, 0) is 89.1 Å². The number of nitrogens with one attached hydrogen (secondary N) is 2. The first-order valence-corrected chi connectivity index (χ1v) is 13.9. The van der Waals surface area contributed by atoms with Crippen molar-refractivity contribution in [2.24, 2.45) is 5.92 Å². The van der Waals surface area contributed by atoms with Gasteiger partial charge in [-0.1, -0.05) is 62.7 Å². The molecule has 0 saturated carbocycles. The Bertz CT molecular complexity index is 1170. The highest BCUT2D eigenvalue weighted by molar-refractivity contribution is 6.34. The van der Waals surface area contributed by atoms with Crippen molar-refractivity contribution >= 4 is 35.2 Å². The molecule has 0 spiro atoms. The monoisotopic (exact) mass is 557 g/mol. The van der Waals surface area contributed by atoms with Gasteiger partial charge in [0.15, 0.2) is 0 Å². The number of ether oxygens (including phenoxy) is 1. The highest BCUT2D eigenvalue weighted by Gasteiger charge is 2.40. The fourth-order valence-electron chi connectivity index (χ4n) is 4.26. The van der Waals surface area contributed by atoms with Gasteiger partial charge in [0, 0.05) is 6.04 Å². The lowest BCUT2D eigenvalue weighted by Gasteiger charge is -2.39. The molecule has 0 bridgehead atoms. The topological polar surface area (TPSA) is 87.7 Å². The molecule has 2 N–H and O–H groups in total. The molecule has 0 aliphatic carbocycles. The van der Waals surface area contributed by atoms with Gasteiger partial charge in [0.2, 0.25) is 5.91 Å². The number of rotatable bonds is 9. The van der Waals surface area contributed by atoms with Gasteiger partial charge in [0.1, 0.15) is 17.7 Å². The number of benzene rings is 2. The molecule has 0 aliphatic rings. The quantitative estimate of drug-likeness (QED) is 0.343. The molecule has 8 heteroatoms. The van der Waals surface area contributed by atoms with Crippen molar-refractivity contribution < 1.29 is 19.1 Å². The smallest absolute Gasteiger partial charge is 0.408 e. The number of halogens is 1. The summed E-state index contributed by atoms with van der Waals surface area (Å²) < 4.78 is 5.45. The molecular formula is C31H44ClN3O4. The maximum atomic E-state index is 14.3. The minimum absolute atomic E-state index is 0.258. The van der Waals surface area contributed by atoms with Gasteiger partial charge in [-0.15, -0.1) is 0 Å². The number of amides is 3. The van der Waals surface area contributed by atoms with Crippen LogP contribution >= 0.6 is 11.6 Å². The summed E-state index contributed by atoms with van der Waals surface area (Å²) in [6, 6.07) is 8.97. The number of alkyl carbamates (subject to hydrolysis) is 1. The number of carbonyl (C=O) groups is 3. The second-order valence-corrected chi connectivity index (χ2v) is 11.9. The zero-order valence-corrected chi connectivity index (χ0v) is 25.7. The Morgan fingerprint density at radius 2 is 1.62 bits per heavy atom. The van der Waals surface area contributed by atoms with Crippen molar-refractivity contribution in [1.29, 1.82) is 0 Å². The van der Waals surface area contributed by atoms with Crippen LogP contribution in [0.15, 0.2) is 36.4 Å². The van der Waals surface area contributed by atoms with Crippen molar-refractivity contribution in [2.45, 2.75) is 99.4 Å². The van der Waals surface area contributed by atoms with E-state index in [1.54, 1.807) is 31.7 Å². The molecule has 214 valence electrons. The fraction of sp³-hybridized carbons (Fsp3) is 0.516. The Labute approximate surface area is 238 Å². The SMILES string of the molecule is CCC(C)N(C(=O)C(NC(=O)OC(C)(C)C)C(C)C)C(C(=O)Nc1c(C)cccc1Cl)c1ccc(C)c(C)c1. The Morgan fingerprint density at radius 1 is 0.974 bits per heavy atom. The Morgan fingerprint density at radius 3 is 2.13 bits per heavy atom. The lowest BCUT2D eigenvalue weighted by Crippen LogP contribution is -2.56. The lowest BCUT2D eigenvalue weighted by atomic mass is 9.94. The third kappa shape index (κ3) is 8.46. The summed E-state index contributed by atoms with van der Waals surface area (Å²) in [7, 11) is 0. The molecule has 2 aromatic rings. The van der Waals surface area contributed by atoms with Crippen LogP contribution in [0.5, 0.6) is 0 Å². The van der Waals surface area contributed by atoms with Crippen LogP contribution in [0.2, 0.25) is 5.02 Å². The molecule has 0 saturated heterocycles. The van der Waals surface area contributed by atoms with E-state index in [4.69, 9.17) is 16.3 Å². The number of carbonyl (C=O) groups excluding carboxylic acids is 3. The Balaban J connectivity index is 2.64. The van der Waals surface area contributed by atoms with Crippen LogP contribution in [-0.4, -0.2) is 40.5 Å². The first kappa shape index (κ1) is 32.2. The Hall–Kier alpha value is -3.06. The van der Waals surface area contributed by atoms with E-state index in [1.807, 2.05) is 78.8 Å². The van der Waals surface area contributed by atoms with Crippen molar-refractivity contribution in [3.05, 3.63) is 63.7 Å². The van der Waals surface area contributed by atoms with E-state index in [2.05, 4.69) is 10.6 Å². The van der Waals surface area contributed by atoms with Gasteiger partial charge < -0.3 is 20.3 Å². The van der Waals surface area contributed by atoms with E-state index >= 15 is 0 Å². The van der Waals surface area contributed by atoms with E-state index < -0.39 is 23.8 Å². The Kier molecular flexibility index (Phi) is 11.0. The third-order valence-electron chi connectivity index (χ3n) is 6.77. The van der Waals surface area contributed by atoms with E-state index in [0.717, 1.165) is 16.7 Å². The first-order chi connectivity index (χ1) is 18.1. The van der Waals surface area contributed by atoms with E-state index in [0.29, 0.717) is 22.7 Å². The zero-order chi connectivity index (χ0) is 29.7. The van der Waals surface area contributed by atoms with Crippen LogP contribution in [0.25, 0.3) is 0 Å². The minimum Gasteiger partial charge on any atom is -0.444 e. The van der Waals surface area contributed by atoms with E-state index in [9.17, 15) is 14.4 Å². The molecule has 3 unspecified atom stereocenters. The van der Waals surface area contributed by atoms with Crippen LogP contribution in [0, 0.1) is 26.7 Å². The van der Waals surface area contributed by atoms with Gasteiger partial charge in [0.05, 0.1) is 10.7 Å². The van der Waals surface area contributed by atoms with Crippen LogP contribution in [0.4, 0.5) is 10.5 Å². The minimum atomic E-state index is -0.968. The summed E-state index contributed by atoms with van der Waals surface area (Å²) in [5, 5.41) is 6.16. The number of hydrogen-bond acceptors (Lipinski definition) is 4. The highest BCUT2D eigenvalue weighted by atomic mass is 35.5. The fourth-order valence-corrected chi connectivity index (χ4v) is 4.53. The summed E-state index contributed by atoms with van der Waals surface area (Å²) in [6.07, 6.45) is -0.0829. The summed E-state index contributed by atoms with van der Waals surface area (Å²) in [5.74, 6) is -1.01. The number of hydrogen-bond donors (Lipinski definition) is 2. The summed E-state index contributed by atoms with van der Waals surface area (Å²) in [5.41, 5.74) is 3.34. The number of nitrogens with zero attached hydrogens (tertiary/aromatic N) is 1. The average molecular weight is 558 g/mol. The van der Waals surface area contributed by atoms with Crippen molar-refractivity contribution in [3.63, 3.8) is 0 Å². The molecule has 0 heterocycles. The first-order valence-electron chi connectivity index (χ1n) is 13.5. The zero-order valence-electron chi connectivity index (χ0n) is 24.9. The van der Waals surface area contributed by atoms with Gasteiger partial charge in [-0.2, -0.15) is 0 Å². The van der Waals surface area contributed by atoms with E-state index in [1.165, 1.54) is 0 Å². The molecule has 0 aliphatic heterocycles. The summed E-state index contributed by atoms with van der Waals surface area (Å²) in [4.78, 5) is 42.7. The summed E-state index contributed by atoms with van der Waals surface area (Å²) >= 11 is 6.45. The second-order valence-electron chi connectivity index (χ2n) is 11.5. The van der Waals surface area contributed by atoms with Gasteiger partial charge in [-0.3, -0.25) is 9.59 Å². The van der Waals surface area contributed by atoms with Gasteiger partial charge in [0.25, 0.3) is 5.91 Å². The normalized spacial score (nSPS) is 13.8. The second kappa shape index (κ2) is 13.3. The van der Waals surface area contributed by atoms with Gasteiger partial charge >= 0.3 is 6.09 Å². The maximum Gasteiger partial charge on any atom is 0.408 e. The largest absolute Gasteiger partial charge is 0.444 e. The van der Waals surface area contributed by atoms with Crippen LogP contribution in [0.3, 0.4) is 0 Å². The summed E-state index contributed by atoms with van der Waals surface area (Å²) in [6.45, 7) is 18.7. The highest BCUT2D eigenvalue weighted by Crippen LogP contribution is 2.32. The maximum absolute atomic E-state index is 14.3. The predicted octanol–water partition coefficient (Wildman–Crippen LogP) is 7.12. The van der Waals surface area contributed by atoms with Crippen molar-refractivity contribution in [1.82, 2.24) is 10.2 Å². The molecule has 2 rings (SSSR count). The van der Waals surface area contributed by atoms with Crippen molar-refractivity contribution in [2.75, 3.05) is 5.32 Å². The molecule has 39 heavy (non-hydrogen) atoms. The van der Waals surface area contributed by atoms with Crippen LogP contribution < -0.4 is 10.6 Å². The average Bonchev–Trinajstić information content (AvgIpc) is 2.83. The van der Waals surface area contributed by atoms with Crippen LogP contribution in [-0.2, 0) is 14.3 Å². The molecular weight excluding hydrogens is 514 g/mol. The van der Waals surface area contributed by atoms with Gasteiger partial charge in [-0.25, -0.2) is 4.79 Å². The van der Waals surface area contributed by atoms with E-state index in [-0.39, 0.29) is 23.8 Å². The standard InChI is InChI=1S/C31H44ClN3O4/c1-11-22(7)35(29(37)25(18(2)3)34-30(38)39-31(8,9)10)27(23-16-15-19(4)21(6)17-23)28(36)33-26-20(5)13-12-14-24(26)32/h12-18,22,25,27H,11H2,1-10H3,(H,33,36)(H,34,38). The molecule has 3 amide bonds. The molecule has 0 fully saturated rings. The third-order valence-corrected chi connectivity index (χ3v) is 7.08. The number of anilines is 1. The van der Waals surface area contributed by atoms with Crippen molar-refractivity contribution in [3.8, 4) is 0 Å².